The third-order valence-corrected chi connectivity index (χ3v) is 7.40. The molecule has 0 saturated heterocycles. The van der Waals surface area contributed by atoms with Crippen LogP contribution in [0, 0.1) is 10.8 Å². The lowest BCUT2D eigenvalue weighted by atomic mass is 9.91. The number of aromatic hydroxyl groups is 2. The zero-order valence-electron chi connectivity index (χ0n) is 24.4. The van der Waals surface area contributed by atoms with E-state index in [2.05, 4.69) is 62.8 Å². The first-order valence-electron chi connectivity index (χ1n) is 13.5. The second kappa shape index (κ2) is 12.6. The van der Waals surface area contributed by atoms with Crippen molar-refractivity contribution in [3.63, 3.8) is 0 Å². The van der Waals surface area contributed by atoms with Gasteiger partial charge in [0, 0.05) is 73.6 Å². The van der Waals surface area contributed by atoms with Crippen molar-refractivity contribution in [3.8, 4) is 23.0 Å². The van der Waals surface area contributed by atoms with Crippen LogP contribution in [0.15, 0.2) is 24.3 Å². The first kappa shape index (κ1) is 30.0. The summed E-state index contributed by atoms with van der Waals surface area (Å²) in [7, 11) is 3.31. The van der Waals surface area contributed by atoms with Gasteiger partial charge in [-0.2, -0.15) is 0 Å². The Morgan fingerprint density at radius 3 is 1.45 bits per heavy atom. The van der Waals surface area contributed by atoms with Gasteiger partial charge in [0.05, 0.1) is 14.2 Å². The molecule has 0 spiro atoms. The van der Waals surface area contributed by atoms with Gasteiger partial charge in [0.15, 0.2) is 0 Å². The topological polar surface area (TPSA) is 107 Å². The second-order valence-electron chi connectivity index (χ2n) is 12.2. The zero-order chi connectivity index (χ0) is 28.1. The van der Waals surface area contributed by atoms with Crippen molar-refractivity contribution in [1.29, 1.82) is 0 Å². The van der Waals surface area contributed by atoms with Gasteiger partial charge in [-0.1, -0.05) is 27.7 Å². The quantitative estimate of drug-likeness (QED) is 0.342. The van der Waals surface area contributed by atoms with Crippen LogP contribution in [0.25, 0.3) is 0 Å². The number of fused-ring (bicyclic) bond motifs is 4. The van der Waals surface area contributed by atoms with Gasteiger partial charge < -0.3 is 41.0 Å². The molecule has 0 aromatic heterocycles. The highest BCUT2D eigenvalue weighted by atomic mass is 16.5. The van der Waals surface area contributed by atoms with Crippen molar-refractivity contribution in [2.24, 2.45) is 10.8 Å². The molecule has 1 aliphatic heterocycles. The predicted molar refractivity (Wildman–Crippen MR) is 153 cm³/mol. The zero-order valence-corrected chi connectivity index (χ0v) is 24.4. The third kappa shape index (κ3) is 7.76. The van der Waals surface area contributed by atoms with Crippen LogP contribution < -0.4 is 30.7 Å². The fourth-order valence-electron chi connectivity index (χ4n) is 4.82. The van der Waals surface area contributed by atoms with Gasteiger partial charge in [-0.05, 0) is 48.9 Å². The van der Waals surface area contributed by atoms with Crippen molar-refractivity contribution in [1.82, 2.24) is 21.3 Å². The van der Waals surface area contributed by atoms with Crippen LogP contribution in [0.4, 0.5) is 0 Å². The van der Waals surface area contributed by atoms with Gasteiger partial charge in [-0.25, -0.2) is 0 Å². The van der Waals surface area contributed by atoms with Crippen LogP contribution in [-0.2, 0) is 13.1 Å². The Kier molecular flexibility index (Phi) is 9.92. The first-order chi connectivity index (χ1) is 17.9. The van der Waals surface area contributed by atoms with E-state index in [4.69, 9.17) is 9.47 Å². The standard InChI is InChI=1S/C30H48N4O4/c1-19-25-11-24(38-8)12-26(28(25)36)20(2)34-18-30(5,6)16-32-14-22-10-23(37-7)9-21(27(22)35)13-31-15-29(3,4)17-33-19/h9-12,19-20,31-36H,13-18H2,1-8H3. The van der Waals surface area contributed by atoms with Crippen LogP contribution in [0.3, 0.4) is 0 Å². The monoisotopic (exact) mass is 528 g/mol. The van der Waals surface area contributed by atoms with Gasteiger partial charge >= 0.3 is 0 Å². The number of methoxy groups -OCH3 is 2. The number of rotatable bonds is 2. The van der Waals surface area contributed by atoms with Gasteiger partial charge in [-0.3, -0.25) is 0 Å². The summed E-state index contributed by atoms with van der Waals surface area (Å²) >= 11 is 0. The average molecular weight is 529 g/mol. The number of ether oxygens (including phenoxy) is 2. The average Bonchev–Trinajstić information content (AvgIpc) is 2.87. The highest BCUT2D eigenvalue weighted by molar-refractivity contribution is 5.49. The molecule has 0 aliphatic carbocycles. The van der Waals surface area contributed by atoms with Gasteiger partial charge in [0.1, 0.15) is 23.0 Å². The summed E-state index contributed by atoms with van der Waals surface area (Å²) in [6.07, 6.45) is 0. The van der Waals surface area contributed by atoms with Gasteiger partial charge in [0.2, 0.25) is 0 Å². The van der Waals surface area contributed by atoms with E-state index in [1.165, 1.54) is 0 Å². The SMILES string of the molecule is COc1cc2c(O)c(c1)CNCC(C)(C)CNC(C)c1cc(OC)cc(c1O)C(C)NCC(C)(C)CNC2. The van der Waals surface area contributed by atoms with E-state index in [0.29, 0.717) is 24.6 Å². The maximum Gasteiger partial charge on any atom is 0.125 e. The van der Waals surface area contributed by atoms with Gasteiger partial charge in [0.25, 0.3) is 0 Å². The number of benzene rings is 2. The Labute approximate surface area is 228 Å². The molecule has 2 aromatic carbocycles. The summed E-state index contributed by atoms with van der Waals surface area (Å²) in [5.74, 6) is 2.07. The molecule has 0 saturated carbocycles. The highest BCUT2D eigenvalue weighted by Crippen LogP contribution is 2.37. The minimum absolute atomic E-state index is 0.0773. The maximum atomic E-state index is 11.3. The number of phenolic OH excluding ortho intramolecular Hbond substituents is 2. The second-order valence-corrected chi connectivity index (χ2v) is 12.2. The van der Waals surface area contributed by atoms with Crippen molar-refractivity contribution >= 4 is 0 Å². The van der Waals surface area contributed by atoms with Crippen LogP contribution in [-0.4, -0.2) is 50.6 Å². The van der Waals surface area contributed by atoms with Crippen molar-refractivity contribution in [2.75, 3.05) is 40.4 Å². The normalized spacial score (nSPS) is 22.8. The highest BCUT2D eigenvalue weighted by Gasteiger charge is 2.25. The van der Waals surface area contributed by atoms with Crippen LogP contribution in [0.1, 0.15) is 75.9 Å². The van der Waals surface area contributed by atoms with Crippen LogP contribution in [0.2, 0.25) is 0 Å². The molecule has 2 atom stereocenters. The Hall–Kier alpha value is -2.52. The smallest absolute Gasteiger partial charge is 0.125 e. The molecule has 1 aliphatic rings. The van der Waals surface area contributed by atoms with E-state index >= 15 is 0 Å². The molecule has 3 rings (SSSR count). The number of nitrogens with one attached hydrogen (secondary N) is 4. The van der Waals surface area contributed by atoms with E-state index < -0.39 is 0 Å². The minimum atomic E-state index is -0.0777. The number of hydrogen-bond donors (Lipinski definition) is 6. The van der Waals surface area contributed by atoms with Crippen LogP contribution >= 0.6 is 0 Å². The molecule has 0 fully saturated rings. The van der Waals surface area contributed by atoms with Crippen molar-refractivity contribution in [3.05, 3.63) is 46.5 Å². The fourth-order valence-corrected chi connectivity index (χ4v) is 4.82. The van der Waals surface area contributed by atoms with E-state index in [9.17, 15) is 10.2 Å². The molecule has 212 valence electrons. The molecular weight excluding hydrogens is 480 g/mol. The molecule has 2 unspecified atom stereocenters. The molecule has 6 N–H and O–H groups in total. The lowest BCUT2D eigenvalue weighted by Gasteiger charge is -2.30. The molecule has 8 nitrogen and oxygen atoms in total. The van der Waals surface area contributed by atoms with Crippen molar-refractivity contribution in [2.45, 2.75) is 66.7 Å². The van der Waals surface area contributed by atoms with E-state index in [1.54, 1.807) is 14.2 Å². The molecular formula is C30H48N4O4. The predicted octanol–water partition coefficient (Wildman–Crippen LogP) is 4.36. The Morgan fingerprint density at radius 1 is 0.658 bits per heavy atom. The summed E-state index contributed by atoms with van der Waals surface area (Å²) in [6, 6.07) is 7.46. The van der Waals surface area contributed by atoms with Crippen LogP contribution in [0.5, 0.6) is 23.0 Å². The summed E-state index contributed by atoms with van der Waals surface area (Å²) in [5, 5.41) is 36.5. The summed E-state index contributed by atoms with van der Waals surface area (Å²) < 4.78 is 11.1. The summed E-state index contributed by atoms with van der Waals surface area (Å²) in [6.45, 7) is 16.9. The lowest BCUT2D eigenvalue weighted by Crippen LogP contribution is -2.39. The summed E-state index contributed by atoms with van der Waals surface area (Å²) in [5.41, 5.74) is 3.12. The summed E-state index contributed by atoms with van der Waals surface area (Å²) in [4.78, 5) is 0. The number of phenols is 2. The molecule has 1 heterocycles. The maximum absolute atomic E-state index is 11.3. The van der Waals surface area contributed by atoms with E-state index in [1.807, 2.05) is 24.3 Å². The van der Waals surface area contributed by atoms with Gasteiger partial charge in [-0.15, -0.1) is 0 Å². The number of hydrogen-bond acceptors (Lipinski definition) is 8. The van der Waals surface area contributed by atoms with Crippen molar-refractivity contribution < 1.29 is 19.7 Å². The lowest BCUT2D eigenvalue weighted by molar-refractivity contribution is 0.299. The Bertz CT molecular complexity index is 1010. The van der Waals surface area contributed by atoms with E-state index in [0.717, 1.165) is 59.9 Å². The molecule has 0 radical (unpaired) electrons. The van der Waals surface area contributed by atoms with E-state index in [-0.39, 0.29) is 22.9 Å². The Balaban J connectivity index is 1.92. The molecule has 2 aromatic rings. The largest absolute Gasteiger partial charge is 0.507 e. The first-order valence-corrected chi connectivity index (χ1v) is 13.5. The Morgan fingerprint density at radius 2 is 1.05 bits per heavy atom. The molecule has 0 amide bonds. The molecule has 8 heteroatoms. The molecule has 38 heavy (non-hydrogen) atoms. The minimum Gasteiger partial charge on any atom is -0.507 e. The molecule has 4 bridgehead atoms. The third-order valence-electron chi connectivity index (χ3n) is 7.40. The fraction of sp³-hybridized carbons (Fsp3) is 0.600.